The summed E-state index contributed by atoms with van der Waals surface area (Å²) in [5.74, 6) is 2.69. The predicted octanol–water partition coefficient (Wildman–Crippen LogP) is 3.26. The van der Waals surface area contributed by atoms with Gasteiger partial charge in [-0.2, -0.15) is 5.26 Å². The molecule has 5 nitrogen and oxygen atoms in total. The molecule has 0 radical (unpaired) electrons. The zero-order valence-corrected chi connectivity index (χ0v) is 13.7. The smallest absolute Gasteiger partial charge is 0.160 e. The van der Waals surface area contributed by atoms with E-state index in [1.165, 1.54) is 5.56 Å². The van der Waals surface area contributed by atoms with Crippen LogP contribution >= 0.6 is 0 Å². The monoisotopic (exact) mass is 311 g/mol. The van der Waals surface area contributed by atoms with Crippen LogP contribution in [0.15, 0.2) is 36.5 Å². The standard InChI is InChI=1S/C18H21N3O2/c1-13(11-20-18-7-5-15(10-19)12-21-18)8-14-4-6-16(22-2)17(9-14)23-3/h4-7,9,12-13H,8,11H2,1-3H3,(H,20,21). The van der Waals surface area contributed by atoms with Gasteiger partial charge in [-0.25, -0.2) is 4.98 Å². The van der Waals surface area contributed by atoms with Crippen LogP contribution in [0.25, 0.3) is 0 Å². The van der Waals surface area contributed by atoms with Crippen LogP contribution in [0.4, 0.5) is 5.82 Å². The van der Waals surface area contributed by atoms with Crippen molar-refractivity contribution in [2.45, 2.75) is 13.3 Å². The molecule has 0 aliphatic heterocycles. The van der Waals surface area contributed by atoms with Crippen molar-refractivity contribution >= 4 is 5.82 Å². The van der Waals surface area contributed by atoms with Crippen LogP contribution in [0.5, 0.6) is 11.5 Å². The number of hydrogen-bond acceptors (Lipinski definition) is 5. The van der Waals surface area contributed by atoms with Gasteiger partial charge in [0.15, 0.2) is 11.5 Å². The summed E-state index contributed by atoms with van der Waals surface area (Å²) in [6.45, 7) is 2.97. The molecule has 1 N–H and O–H groups in total. The Balaban J connectivity index is 1.91. The number of nitrogens with one attached hydrogen (secondary N) is 1. The average Bonchev–Trinajstić information content (AvgIpc) is 2.60. The maximum Gasteiger partial charge on any atom is 0.160 e. The Morgan fingerprint density at radius 3 is 2.57 bits per heavy atom. The van der Waals surface area contributed by atoms with Crippen molar-refractivity contribution < 1.29 is 9.47 Å². The summed E-state index contributed by atoms with van der Waals surface area (Å²) in [6, 6.07) is 11.6. The quantitative estimate of drug-likeness (QED) is 0.850. The second-order valence-electron chi connectivity index (χ2n) is 5.42. The number of nitrogens with zero attached hydrogens (tertiary/aromatic N) is 2. The SMILES string of the molecule is COc1ccc(CC(C)CNc2ccc(C#N)cn2)cc1OC. The van der Waals surface area contributed by atoms with Gasteiger partial charge < -0.3 is 14.8 Å². The fourth-order valence-electron chi connectivity index (χ4n) is 2.33. The van der Waals surface area contributed by atoms with E-state index in [2.05, 4.69) is 29.4 Å². The van der Waals surface area contributed by atoms with E-state index in [1.54, 1.807) is 26.5 Å². The van der Waals surface area contributed by atoms with Crippen molar-refractivity contribution in [3.05, 3.63) is 47.7 Å². The van der Waals surface area contributed by atoms with Crippen molar-refractivity contribution in [1.82, 2.24) is 4.98 Å². The Morgan fingerprint density at radius 1 is 1.17 bits per heavy atom. The maximum absolute atomic E-state index is 8.76. The largest absolute Gasteiger partial charge is 0.493 e. The normalized spacial score (nSPS) is 11.4. The van der Waals surface area contributed by atoms with Gasteiger partial charge in [0, 0.05) is 12.7 Å². The van der Waals surface area contributed by atoms with Crippen LogP contribution in [0.1, 0.15) is 18.1 Å². The van der Waals surface area contributed by atoms with Crippen molar-refractivity contribution in [2.24, 2.45) is 5.92 Å². The fourth-order valence-corrected chi connectivity index (χ4v) is 2.33. The van der Waals surface area contributed by atoms with Gasteiger partial charge in [-0.05, 0) is 42.2 Å². The average molecular weight is 311 g/mol. The zero-order valence-electron chi connectivity index (χ0n) is 13.7. The first-order valence-corrected chi connectivity index (χ1v) is 7.47. The van der Waals surface area contributed by atoms with E-state index in [0.717, 1.165) is 30.3 Å². The lowest BCUT2D eigenvalue weighted by Crippen LogP contribution is -2.14. The molecule has 0 fully saturated rings. The van der Waals surface area contributed by atoms with Crippen molar-refractivity contribution in [1.29, 1.82) is 5.26 Å². The van der Waals surface area contributed by atoms with Gasteiger partial charge in [0.05, 0.1) is 19.8 Å². The van der Waals surface area contributed by atoms with E-state index < -0.39 is 0 Å². The van der Waals surface area contributed by atoms with Crippen LogP contribution in [-0.2, 0) is 6.42 Å². The zero-order chi connectivity index (χ0) is 16.7. The third-order valence-corrected chi connectivity index (χ3v) is 3.56. The summed E-state index contributed by atoms with van der Waals surface area (Å²) < 4.78 is 10.6. The van der Waals surface area contributed by atoms with Gasteiger partial charge in [0.25, 0.3) is 0 Å². The van der Waals surface area contributed by atoms with Crippen molar-refractivity contribution in [3.8, 4) is 17.6 Å². The topological polar surface area (TPSA) is 67.2 Å². The van der Waals surface area contributed by atoms with E-state index >= 15 is 0 Å². The second-order valence-corrected chi connectivity index (χ2v) is 5.42. The number of hydrogen-bond donors (Lipinski definition) is 1. The molecule has 0 aliphatic carbocycles. The molecule has 1 unspecified atom stereocenters. The van der Waals surface area contributed by atoms with Crippen LogP contribution in [0.3, 0.4) is 0 Å². The predicted molar refractivity (Wildman–Crippen MR) is 89.9 cm³/mol. The minimum atomic E-state index is 0.422. The Hall–Kier alpha value is -2.74. The highest BCUT2D eigenvalue weighted by molar-refractivity contribution is 5.43. The molecule has 2 aromatic rings. The van der Waals surface area contributed by atoms with Gasteiger partial charge in [-0.1, -0.05) is 13.0 Å². The molecule has 0 saturated carbocycles. The molecule has 5 heteroatoms. The molecule has 0 amide bonds. The Morgan fingerprint density at radius 2 is 1.96 bits per heavy atom. The number of anilines is 1. The number of aromatic nitrogens is 1. The lowest BCUT2D eigenvalue weighted by molar-refractivity contribution is 0.354. The Bertz CT molecular complexity index is 678. The highest BCUT2D eigenvalue weighted by atomic mass is 16.5. The summed E-state index contributed by atoms with van der Waals surface area (Å²) >= 11 is 0. The fraction of sp³-hybridized carbons (Fsp3) is 0.333. The number of benzene rings is 1. The minimum Gasteiger partial charge on any atom is -0.493 e. The molecule has 0 aliphatic rings. The number of rotatable bonds is 7. The molecule has 120 valence electrons. The summed E-state index contributed by atoms with van der Waals surface area (Å²) in [5.41, 5.74) is 1.76. The van der Waals surface area contributed by atoms with Crippen LogP contribution in [-0.4, -0.2) is 25.7 Å². The molecule has 0 bridgehead atoms. The molecule has 1 aromatic carbocycles. The molecule has 1 atom stereocenters. The number of methoxy groups -OCH3 is 2. The molecule has 0 saturated heterocycles. The molecule has 1 heterocycles. The lowest BCUT2D eigenvalue weighted by atomic mass is 10.0. The van der Waals surface area contributed by atoms with Crippen LogP contribution < -0.4 is 14.8 Å². The van der Waals surface area contributed by atoms with E-state index in [9.17, 15) is 0 Å². The first kappa shape index (κ1) is 16.6. The number of ether oxygens (including phenoxy) is 2. The maximum atomic E-state index is 8.76. The third kappa shape index (κ3) is 4.62. The first-order chi connectivity index (χ1) is 11.2. The molecular weight excluding hydrogens is 290 g/mol. The van der Waals surface area contributed by atoms with E-state index in [0.29, 0.717) is 11.5 Å². The van der Waals surface area contributed by atoms with Crippen molar-refractivity contribution in [3.63, 3.8) is 0 Å². The minimum absolute atomic E-state index is 0.422. The van der Waals surface area contributed by atoms with Crippen molar-refractivity contribution in [2.75, 3.05) is 26.1 Å². The number of nitriles is 1. The second kappa shape index (κ2) is 8.04. The van der Waals surface area contributed by atoms with E-state index in [1.807, 2.05) is 18.2 Å². The van der Waals surface area contributed by atoms with Gasteiger partial charge in [-0.15, -0.1) is 0 Å². The Labute approximate surface area is 136 Å². The number of pyridine rings is 1. The summed E-state index contributed by atoms with van der Waals surface area (Å²) in [6.07, 6.45) is 2.49. The summed E-state index contributed by atoms with van der Waals surface area (Å²) in [4.78, 5) is 4.21. The summed E-state index contributed by atoms with van der Waals surface area (Å²) in [5, 5.41) is 12.1. The third-order valence-electron chi connectivity index (χ3n) is 3.56. The molecule has 23 heavy (non-hydrogen) atoms. The molecular formula is C18H21N3O2. The molecule has 1 aromatic heterocycles. The van der Waals surface area contributed by atoms with Gasteiger partial charge >= 0.3 is 0 Å². The van der Waals surface area contributed by atoms with Gasteiger partial charge in [0.1, 0.15) is 11.9 Å². The van der Waals surface area contributed by atoms with Gasteiger partial charge in [-0.3, -0.25) is 0 Å². The van der Waals surface area contributed by atoms with Crippen LogP contribution in [0, 0.1) is 17.2 Å². The van der Waals surface area contributed by atoms with E-state index in [4.69, 9.17) is 14.7 Å². The van der Waals surface area contributed by atoms with Crippen LogP contribution in [0.2, 0.25) is 0 Å². The lowest BCUT2D eigenvalue weighted by Gasteiger charge is -2.15. The highest BCUT2D eigenvalue weighted by Gasteiger charge is 2.08. The molecule has 0 spiro atoms. The van der Waals surface area contributed by atoms with E-state index in [-0.39, 0.29) is 0 Å². The molecule has 2 rings (SSSR count). The Kier molecular flexibility index (Phi) is 5.81. The first-order valence-electron chi connectivity index (χ1n) is 7.47. The highest BCUT2D eigenvalue weighted by Crippen LogP contribution is 2.28. The van der Waals surface area contributed by atoms with Gasteiger partial charge in [0.2, 0.25) is 0 Å². The summed E-state index contributed by atoms with van der Waals surface area (Å²) in [7, 11) is 3.28.